The Bertz CT molecular complexity index is 637. The summed E-state index contributed by atoms with van der Waals surface area (Å²) in [4.78, 5) is 16.6. The van der Waals surface area contributed by atoms with Gasteiger partial charge in [-0.1, -0.05) is 17.8 Å². The SMILES string of the molecule is Cc1ccc(SC(C=NC2CCCCO2)=CN)cc1/C=N\NC=O. The number of hydrogen-bond donors (Lipinski definition) is 2. The second kappa shape index (κ2) is 9.89. The van der Waals surface area contributed by atoms with Gasteiger partial charge in [-0.05, 0) is 49.4 Å². The van der Waals surface area contributed by atoms with Crippen molar-refractivity contribution in [2.24, 2.45) is 15.8 Å². The van der Waals surface area contributed by atoms with Gasteiger partial charge in [-0.2, -0.15) is 5.10 Å². The monoisotopic (exact) mass is 346 g/mol. The third-order valence-corrected chi connectivity index (χ3v) is 4.47. The summed E-state index contributed by atoms with van der Waals surface area (Å²) in [7, 11) is 0. The molecule has 0 aliphatic carbocycles. The van der Waals surface area contributed by atoms with Gasteiger partial charge in [-0.25, -0.2) is 5.43 Å². The minimum atomic E-state index is -0.0653. The summed E-state index contributed by atoms with van der Waals surface area (Å²) < 4.78 is 5.58. The molecule has 1 aliphatic heterocycles. The van der Waals surface area contributed by atoms with Crippen LogP contribution in [0.4, 0.5) is 0 Å². The maximum Gasteiger partial charge on any atom is 0.227 e. The van der Waals surface area contributed by atoms with Crippen LogP contribution in [0.15, 0.2) is 44.3 Å². The van der Waals surface area contributed by atoms with Crippen LogP contribution in [0.5, 0.6) is 0 Å². The van der Waals surface area contributed by atoms with E-state index in [0.717, 1.165) is 46.8 Å². The number of hydrogen-bond acceptors (Lipinski definition) is 6. The lowest BCUT2D eigenvalue weighted by Crippen LogP contribution is -2.16. The highest BCUT2D eigenvalue weighted by molar-refractivity contribution is 8.04. The Labute approximate surface area is 146 Å². The van der Waals surface area contributed by atoms with Gasteiger partial charge in [0.15, 0.2) is 0 Å². The number of aryl methyl sites for hydroxylation is 1. The summed E-state index contributed by atoms with van der Waals surface area (Å²) in [6.45, 7) is 2.75. The fourth-order valence-corrected chi connectivity index (χ4v) is 2.97. The predicted molar refractivity (Wildman–Crippen MR) is 98.2 cm³/mol. The molecule has 0 bridgehead atoms. The highest BCUT2D eigenvalue weighted by Crippen LogP contribution is 2.27. The molecule has 3 N–H and O–H groups in total. The summed E-state index contributed by atoms with van der Waals surface area (Å²) in [5.41, 5.74) is 9.98. The van der Waals surface area contributed by atoms with Crippen LogP contribution in [0.25, 0.3) is 0 Å². The molecule has 0 spiro atoms. The first-order valence-corrected chi connectivity index (χ1v) is 8.62. The molecule has 1 aromatic rings. The van der Waals surface area contributed by atoms with Crippen molar-refractivity contribution in [1.29, 1.82) is 0 Å². The Morgan fingerprint density at radius 1 is 1.46 bits per heavy atom. The molecule has 1 saturated heterocycles. The molecule has 2 rings (SSSR count). The number of rotatable bonds is 7. The lowest BCUT2D eigenvalue weighted by molar-refractivity contribution is -0.109. The zero-order valence-electron chi connectivity index (χ0n) is 13.6. The highest BCUT2D eigenvalue weighted by Gasteiger charge is 2.11. The van der Waals surface area contributed by atoms with Crippen LogP contribution in [0.1, 0.15) is 30.4 Å². The van der Waals surface area contributed by atoms with Crippen molar-refractivity contribution in [3.8, 4) is 0 Å². The first kappa shape index (κ1) is 18.2. The molecule has 6 nitrogen and oxygen atoms in total. The van der Waals surface area contributed by atoms with Gasteiger partial charge in [0.2, 0.25) is 6.41 Å². The van der Waals surface area contributed by atoms with E-state index in [1.807, 2.05) is 25.1 Å². The number of aliphatic imine (C=N–C) groups is 1. The van der Waals surface area contributed by atoms with Gasteiger partial charge < -0.3 is 10.5 Å². The Balaban J connectivity index is 2.03. The van der Waals surface area contributed by atoms with Gasteiger partial charge in [0, 0.05) is 28.8 Å². The third-order valence-electron chi connectivity index (χ3n) is 3.51. The van der Waals surface area contributed by atoms with Gasteiger partial charge in [0.1, 0.15) is 6.23 Å². The second-order valence-corrected chi connectivity index (χ2v) is 6.44. The number of hydrazone groups is 1. The molecular formula is C17H22N4O2S. The fraction of sp³-hybridized carbons (Fsp3) is 0.353. The second-order valence-electron chi connectivity index (χ2n) is 5.29. The molecule has 128 valence electrons. The van der Waals surface area contributed by atoms with E-state index in [2.05, 4.69) is 15.5 Å². The smallest absolute Gasteiger partial charge is 0.227 e. The van der Waals surface area contributed by atoms with Crippen LogP contribution in [0, 0.1) is 6.92 Å². The number of carbonyl (C=O) groups excluding carboxylic acids is 1. The lowest BCUT2D eigenvalue weighted by Gasteiger charge is -2.18. The maximum absolute atomic E-state index is 10.3. The van der Waals surface area contributed by atoms with Crippen LogP contribution in [-0.2, 0) is 9.53 Å². The Hall–Kier alpha value is -2.12. The first-order valence-electron chi connectivity index (χ1n) is 7.80. The molecule has 1 heterocycles. The van der Waals surface area contributed by atoms with Crippen molar-refractivity contribution in [3.05, 3.63) is 40.4 Å². The summed E-state index contributed by atoms with van der Waals surface area (Å²) in [6.07, 6.45) is 8.59. The molecule has 7 heteroatoms. The summed E-state index contributed by atoms with van der Waals surface area (Å²) in [5.74, 6) is 0. The van der Waals surface area contributed by atoms with Crippen LogP contribution in [0.3, 0.4) is 0 Å². The number of nitrogens with one attached hydrogen (secondary N) is 1. The summed E-state index contributed by atoms with van der Waals surface area (Å²) >= 11 is 1.52. The van der Waals surface area contributed by atoms with Crippen molar-refractivity contribution in [3.63, 3.8) is 0 Å². The average Bonchev–Trinajstić information content (AvgIpc) is 2.62. The molecule has 0 radical (unpaired) electrons. The molecule has 1 unspecified atom stereocenters. The number of amides is 1. The maximum atomic E-state index is 10.3. The first-order chi connectivity index (χ1) is 11.7. The largest absolute Gasteiger partial charge is 0.404 e. The highest BCUT2D eigenvalue weighted by atomic mass is 32.2. The summed E-state index contributed by atoms with van der Waals surface area (Å²) in [5, 5.41) is 3.82. The van der Waals surface area contributed by atoms with Gasteiger partial charge in [-0.3, -0.25) is 9.79 Å². The van der Waals surface area contributed by atoms with E-state index < -0.39 is 0 Å². The molecule has 0 saturated carbocycles. The molecule has 1 fully saturated rings. The normalized spacial score (nSPS) is 19.0. The van der Waals surface area contributed by atoms with E-state index in [1.165, 1.54) is 11.8 Å². The minimum Gasteiger partial charge on any atom is -0.404 e. The van der Waals surface area contributed by atoms with Gasteiger partial charge >= 0.3 is 0 Å². The van der Waals surface area contributed by atoms with Crippen LogP contribution >= 0.6 is 11.8 Å². The predicted octanol–water partition coefficient (Wildman–Crippen LogP) is 2.56. The van der Waals surface area contributed by atoms with Crippen LogP contribution in [-0.4, -0.2) is 31.7 Å². The van der Waals surface area contributed by atoms with E-state index in [-0.39, 0.29) is 6.23 Å². The van der Waals surface area contributed by atoms with Crippen molar-refractivity contribution in [2.45, 2.75) is 37.3 Å². The molecular weight excluding hydrogens is 324 g/mol. The lowest BCUT2D eigenvalue weighted by atomic mass is 10.1. The van der Waals surface area contributed by atoms with Crippen LogP contribution < -0.4 is 11.2 Å². The van der Waals surface area contributed by atoms with E-state index in [4.69, 9.17) is 10.5 Å². The number of ether oxygens (including phenoxy) is 1. The molecule has 1 aromatic carbocycles. The molecule has 0 aromatic heterocycles. The van der Waals surface area contributed by atoms with Gasteiger partial charge in [-0.15, -0.1) is 0 Å². The standard InChI is InChI=1S/C17H22N4O2S/c1-13-5-6-15(8-14(13)10-20-21-12-22)24-16(9-18)11-19-17-4-2-3-7-23-17/h5-6,8-12,17H,2-4,7,18H2,1H3,(H,21,22)/b16-9?,19-11?,20-10-. The van der Waals surface area contributed by atoms with Crippen molar-refractivity contribution in [2.75, 3.05) is 6.61 Å². The fourth-order valence-electron chi connectivity index (χ4n) is 2.20. The average molecular weight is 346 g/mol. The van der Waals surface area contributed by atoms with E-state index >= 15 is 0 Å². The number of benzene rings is 1. The van der Waals surface area contributed by atoms with Crippen molar-refractivity contribution in [1.82, 2.24) is 5.43 Å². The van der Waals surface area contributed by atoms with Gasteiger partial charge in [0.25, 0.3) is 0 Å². The van der Waals surface area contributed by atoms with E-state index in [9.17, 15) is 4.79 Å². The zero-order chi connectivity index (χ0) is 17.2. The Morgan fingerprint density at radius 2 is 2.33 bits per heavy atom. The summed E-state index contributed by atoms with van der Waals surface area (Å²) in [6, 6.07) is 6.00. The minimum absolute atomic E-state index is 0.0653. The molecule has 1 amide bonds. The van der Waals surface area contributed by atoms with Crippen LogP contribution in [0.2, 0.25) is 0 Å². The van der Waals surface area contributed by atoms with Crippen molar-refractivity contribution >= 4 is 30.6 Å². The zero-order valence-corrected chi connectivity index (χ0v) is 14.5. The van der Waals surface area contributed by atoms with Gasteiger partial charge in [0.05, 0.1) is 6.21 Å². The quantitative estimate of drug-likeness (QED) is 0.344. The third kappa shape index (κ3) is 5.82. The number of allylic oxidation sites excluding steroid dienone is 1. The number of nitrogens with zero attached hydrogens (tertiary/aromatic N) is 2. The molecule has 24 heavy (non-hydrogen) atoms. The number of carbonyl (C=O) groups is 1. The van der Waals surface area contributed by atoms with E-state index in [0.29, 0.717) is 6.41 Å². The van der Waals surface area contributed by atoms with Crippen molar-refractivity contribution < 1.29 is 9.53 Å². The Morgan fingerprint density at radius 3 is 3.04 bits per heavy atom. The number of nitrogens with two attached hydrogens (primary N) is 1. The Kier molecular flexibility index (Phi) is 7.51. The molecule has 1 aliphatic rings. The van der Waals surface area contributed by atoms with E-state index in [1.54, 1.807) is 18.6 Å². The number of thioether (sulfide) groups is 1. The molecule has 1 atom stereocenters. The topological polar surface area (TPSA) is 89.1 Å².